The third kappa shape index (κ3) is 5.30. The lowest BCUT2D eigenvalue weighted by atomic mass is 10.0. The van der Waals surface area contributed by atoms with E-state index in [1.54, 1.807) is 0 Å². The van der Waals surface area contributed by atoms with Crippen LogP contribution in [0.2, 0.25) is 0 Å². The average molecular weight is 378 g/mol. The molecule has 3 rings (SSSR count). The number of hydrogen-bond donors (Lipinski definition) is 2. The highest BCUT2D eigenvalue weighted by Gasteiger charge is 2.24. The number of para-hydroxylation sites is 1. The van der Waals surface area contributed by atoms with Gasteiger partial charge in [-0.2, -0.15) is 0 Å². The molecule has 0 bridgehead atoms. The van der Waals surface area contributed by atoms with Gasteiger partial charge in [-0.15, -0.1) is 12.4 Å². The number of likely N-dealkylation sites (tertiary alicyclic amines) is 1. The first-order valence-corrected chi connectivity index (χ1v) is 9.06. The van der Waals surface area contributed by atoms with Crippen LogP contribution in [0.5, 0.6) is 0 Å². The Labute approximate surface area is 161 Å². The van der Waals surface area contributed by atoms with Crippen LogP contribution in [-0.2, 0) is 11.3 Å². The molecule has 142 valence electrons. The quantitative estimate of drug-likeness (QED) is 0.774. The SMILES string of the molecule is Cl.NCCC(=O)NCC1CCCCN1Cc1nccn1-c1ccccc1. The molecule has 2 heterocycles. The average Bonchev–Trinajstić information content (AvgIpc) is 3.10. The highest BCUT2D eigenvalue weighted by atomic mass is 35.5. The van der Waals surface area contributed by atoms with Crippen LogP contribution in [0.4, 0.5) is 0 Å². The van der Waals surface area contributed by atoms with Gasteiger partial charge >= 0.3 is 0 Å². The number of piperidine rings is 1. The van der Waals surface area contributed by atoms with E-state index < -0.39 is 0 Å². The number of nitrogens with one attached hydrogen (secondary N) is 1. The van der Waals surface area contributed by atoms with Gasteiger partial charge < -0.3 is 15.6 Å². The first kappa shape index (κ1) is 20.4. The molecule has 1 amide bonds. The zero-order valence-electron chi connectivity index (χ0n) is 15.0. The summed E-state index contributed by atoms with van der Waals surface area (Å²) < 4.78 is 2.14. The van der Waals surface area contributed by atoms with E-state index in [9.17, 15) is 4.79 Å². The van der Waals surface area contributed by atoms with Crippen LogP contribution in [0.25, 0.3) is 5.69 Å². The number of halogens is 1. The Hall–Kier alpha value is -1.89. The smallest absolute Gasteiger partial charge is 0.221 e. The Kier molecular flexibility index (Phi) is 8.09. The summed E-state index contributed by atoms with van der Waals surface area (Å²) in [5, 5.41) is 3.02. The van der Waals surface area contributed by atoms with E-state index in [1.165, 1.54) is 12.8 Å². The van der Waals surface area contributed by atoms with Crippen LogP contribution in [0.15, 0.2) is 42.7 Å². The highest BCUT2D eigenvalue weighted by Crippen LogP contribution is 2.20. The molecule has 26 heavy (non-hydrogen) atoms. The second-order valence-corrected chi connectivity index (χ2v) is 6.51. The van der Waals surface area contributed by atoms with Crippen molar-refractivity contribution in [2.45, 2.75) is 38.3 Å². The number of carbonyl (C=O) groups is 1. The Morgan fingerprint density at radius 2 is 2.08 bits per heavy atom. The van der Waals surface area contributed by atoms with Gasteiger partial charge in [-0.3, -0.25) is 9.69 Å². The van der Waals surface area contributed by atoms with Gasteiger partial charge in [-0.1, -0.05) is 24.6 Å². The molecule has 6 nitrogen and oxygen atoms in total. The Balaban J connectivity index is 0.00000243. The number of imidazole rings is 1. The number of benzene rings is 1. The van der Waals surface area contributed by atoms with Gasteiger partial charge in [0.25, 0.3) is 0 Å². The van der Waals surface area contributed by atoms with Gasteiger partial charge in [-0.25, -0.2) is 4.98 Å². The molecule has 0 radical (unpaired) electrons. The molecule has 1 fully saturated rings. The standard InChI is InChI=1S/C19H27N5O.ClH/c20-10-9-19(25)22-14-17-8-4-5-12-23(17)15-18-21-11-13-24(18)16-6-2-1-3-7-16;/h1-3,6-7,11,13,17H,4-5,8-10,12,14-15,20H2,(H,22,25);1H. The minimum Gasteiger partial charge on any atom is -0.354 e. The van der Waals surface area contributed by atoms with Crippen molar-refractivity contribution in [3.05, 3.63) is 48.5 Å². The minimum atomic E-state index is 0. The van der Waals surface area contributed by atoms with Crippen molar-refractivity contribution in [1.82, 2.24) is 19.8 Å². The number of rotatable bonds is 7. The number of nitrogens with zero attached hydrogens (tertiary/aromatic N) is 3. The molecule has 7 heteroatoms. The maximum Gasteiger partial charge on any atom is 0.221 e. The molecular formula is C19H28ClN5O. The lowest BCUT2D eigenvalue weighted by Crippen LogP contribution is -2.46. The zero-order chi connectivity index (χ0) is 17.5. The Morgan fingerprint density at radius 3 is 2.85 bits per heavy atom. The summed E-state index contributed by atoms with van der Waals surface area (Å²) in [7, 11) is 0. The Morgan fingerprint density at radius 1 is 1.27 bits per heavy atom. The number of hydrogen-bond acceptors (Lipinski definition) is 4. The molecule has 1 aromatic heterocycles. The predicted molar refractivity (Wildman–Crippen MR) is 106 cm³/mol. The molecule has 1 aromatic carbocycles. The summed E-state index contributed by atoms with van der Waals surface area (Å²) in [5.41, 5.74) is 6.57. The molecule has 1 aliphatic rings. The number of nitrogens with two attached hydrogens (primary N) is 1. The van der Waals surface area contributed by atoms with Crippen LogP contribution in [-0.4, -0.2) is 46.0 Å². The Bertz CT molecular complexity index is 676. The van der Waals surface area contributed by atoms with Crippen molar-refractivity contribution < 1.29 is 4.79 Å². The van der Waals surface area contributed by atoms with Crippen LogP contribution in [0, 0.1) is 0 Å². The third-order valence-electron chi connectivity index (χ3n) is 4.75. The van der Waals surface area contributed by atoms with Crippen molar-refractivity contribution in [3.63, 3.8) is 0 Å². The zero-order valence-corrected chi connectivity index (χ0v) is 15.8. The first-order valence-electron chi connectivity index (χ1n) is 9.06. The van der Waals surface area contributed by atoms with E-state index in [0.29, 0.717) is 25.6 Å². The lowest BCUT2D eigenvalue weighted by Gasteiger charge is -2.35. The summed E-state index contributed by atoms with van der Waals surface area (Å²) >= 11 is 0. The van der Waals surface area contributed by atoms with E-state index in [2.05, 4.69) is 31.9 Å². The van der Waals surface area contributed by atoms with Crippen LogP contribution >= 0.6 is 12.4 Å². The molecule has 1 unspecified atom stereocenters. The normalized spacial score (nSPS) is 17.5. The first-order chi connectivity index (χ1) is 12.3. The fourth-order valence-corrected chi connectivity index (χ4v) is 3.41. The number of carbonyl (C=O) groups excluding carboxylic acids is 1. The largest absolute Gasteiger partial charge is 0.354 e. The molecular weight excluding hydrogens is 350 g/mol. The lowest BCUT2D eigenvalue weighted by molar-refractivity contribution is -0.121. The van der Waals surface area contributed by atoms with Crippen molar-refractivity contribution in [2.24, 2.45) is 5.73 Å². The van der Waals surface area contributed by atoms with Gasteiger partial charge in [-0.05, 0) is 31.5 Å². The van der Waals surface area contributed by atoms with Crippen molar-refractivity contribution in [2.75, 3.05) is 19.6 Å². The van der Waals surface area contributed by atoms with Gasteiger partial charge in [0.1, 0.15) is 5.82 Å². The molecule has 0 aliphatic carbocycles. The van der Waals surface area contributed by atoms with Gasteiger partial charge in [0.15, 0.2) is 0 Å². The third-order valence-corrected chi connectivity index (χ3v) is 4.75. The fraction of sp³-hybridized carbons (Fsp3) is 0.474. The highest BCUT2D eigenvalue weighted by molar-refractivity contribution is 5.85. The summed E-state index contributed by atoms with van der Waals surface area (Å²) in [6.07, 6.45) is 7.76. The molecule has 1 atom stereocenters. The van der Waals surface area contributed by atoms with Crippen molar-refractivity contribution in [1.29, 1.82) is 0 Å². The molecule has 1 aliphatic heterocycles. The van der Waals surface area contributed by atoms with E-state index in [-0.39, 0.29) is 18.3 Å². The topological polar surface area (TPSA) is 76.2 Å². The van der Waals surface area contributed by atoms with E-state index >= 15 is 0 Å². The summed E-state index contributed by atoms with van der Waals surface area (Å²) in [5.74, 6) is 1.07. The minimum absolute atomic E-state index is 0. The summed E-state index contributed by atoms with van der Waals surface area (Å²) in [6.45, 7) is 2.91. The van der Waals surface area contributed by atoms with Gasteiger partial charge in [0.05, 0.1) is 6.54 Å². The van der Waals surface area contributed by atoms with Gasteiger partial charge in [0, 0.05) is 43.6 Å². The molecule has 1 saturated heterocycles. The second kappa shape index (κ2) is 10.3. The van der Waals surface area contributed by atoms with E-state index in [1.807, 2.05) is 30.6 Å². The number of aromatic nitrogens is 2. The van der Waals surface area contributed by atoms with E-state index in [4.69, 9.17) is 5.73 Å². The maximum atomic E-state index is 11.7. The monoisotopic (exact) mass is 377 g/mol. The van der Waals surface area contributed by atoms with Crippen LogP contribution in [0.3, 0.4) is 0 Å². The second-order valence-electron chi connectivity index (χ2n) is 6.51. The van der Waals surface area contributed by atoms with Crippen LogP contribution in [0.1, 0.15) is 31.5 Å². The molecule has 2 aromatic rings. The maximum absolute atomic E-state index is 11.7. The fourth-order valence-electron chi connectivity index (χ4n) is 3.41. The van der Waals surface area contributed by atoms with Gasteiger partial charge in [0.2, 0.25) is 5.91 Å². The van der Waals surface area contributed by atoms with Crippen molar-refractivity contribution in [3.8, 4) is 5.69 Å². The van der Waals surface area contributed by atoms with Crippen LogP contribution < -0.4 is 11.1 Å². The van der Waals surface area contributed by atoms with Crippen molar-refractivity contribution >= 4 is 18.3 Å². The number of amides is 1. The molecule has 3 N–H and O–H groups in total. The predicted octanol–water partition coefficient (Wildman–Crippen LogP) is 2.11. The molecule has 0 spiro atoms. The summed E-state index contributed by atoms with van der Waals surface area (Å²) in [4.78, 5) is 18.7. The molecule has 0 saturated carbocycles. The van der Waals surface area contributed by atoms with E-state index in [0.717, 1.165) is 31.0 Å². The summed E-state index contributed by atoms with van der Waals surface area (Å²) in [6, 6.07) is 10.6.